The van der Waals surface area contributed by atoms with Crippen molar-refractivity contribution in [3.05, 3.63) is 70.8 Å². The van der Waals surface area contributed by atoms with Gasteiger partial charge < -0.3 is 9.64 Å². The SMILES string of the molecule is CN1C(=O)CN[C@@H](c2ccccc2)[C@H]1COCc1cc(C(F)(F)F)cc(C(F)(F)F)c1.Cl. The molecule has 1 amide bonds. The molecule has 1 fully saturated rings. The number of hydrogen-bond donors (Lipinski definition) is 1. The first kappa shape index (κ1) is 26.0. The lowest BCUT2D eigenvalue weighted by Crippen LogP contribution is -2.56. The van der Waals surface area contributed by atoms with Crippen LogP contribution in [-0.4, -0.2) is 37.0 Å². The van der Waals surface area contributed by atoms with E-state index in [1.807, 2.05) is 30.3 Å². The number of piperazine rings is 1. The quantitative estimate of drug-likeness (QED) is 0.620. The Balaban J connectivity index is 0.00000363. The van der Waals surface area contributed by atoms with Crippen LogP contribution >= 0.6 is 12.4 Å². The number of amides is 1. The maximum absolute atomic E-state index is 13.0. The van der Waals surface area contributed by atoms with Gasteiger partial charge in [-0.15, -0.1) is 12.4 Å². The van der Waals surface area contributed by atoms with E-state index in [0.29, 0.717) is 12.1 Å². The molecule has 32 heavy (non-hydrogen) atoms. The van der Waals surface area contributed by atoms with Crippen LogP contribution in [0.25, 0.3) is 0 Å². The fourth-order valence-electron chi connectivity index (χ4n) is 3.48. The van der Waals surface area contributed by atoms with E-state index in [-0.39, 0.29) is 49.1 Å². The number of likely N-dealkylation sites (N-methyl/N-ethyl adjacent to an activating group) is 1. The lowest BCUT2D eigenvalue weighted by molar-refractivity contribution is -0.143. The fourth-order valence-corrected chi connectivity index (χ4v) is 3.48. The summed E-state index contributed by atoms with van der Waals surface area (Å²) in [5, 5.41) is 3.10. The maximum Gasteiger partial charge on any atom is 0.416 e. The second-order valence-corrected chi connectivity index (χ2v) is 7.27. The third-order valence-electron chi connectivity index (χ3n) is 5.11. The third kappa shape index (κ3) is 6.14. The first-order valence-electron chi connectivity index (χ1n) is 9.37. The smallest absolute Gasteiger partial charge is 0.375 e. The predicted molar refractivity (Wildman–Crippen MR) is 107 cm³/mol. The van der Waals surface area contributed by atoms with Crippen molar-refractivity contribution in [2.45, 2.75) is 31.0 Å². The van der Waals surface area contributed by atoms with E-state index in [9.17, 15) is 31.1 Å². The van der Waals surface area contributed by atoms with Crippen molar-refractivity contribution < 1.29 is 35.9 Å². The van der Waals surface area contributed by atoms with Crippen LogP contribution in [0.2, 0.25) is 0 Å². The van der Waals surface area contributed by atoms with Crippen molar-refractivity contribution in [1.29, 1.82) is 0 Å². The number of nitrogens with zero attached hydrogens (tertiary/aromatic N) is 1. The van der Waals surface area contributed by atoms with Crippen molar-refractivity contribution in [3.8, 4) is 0 Å². The summed E-state index contributed by atoms with van der Waals surface area (Å²) in [6.07, 6.45) is -9.84. The molecule has 0 spiro atoms. The van der Waals surface area contributed by atoms with Gasteiger partial charge in [0.1, 0.15) is 0 Å². The molecule has 1 aliphatic rings. The summed E-state index contributed by atoms with van der Waals surface area (Å²) in [6, 6.07) is 9.76. The summed E-state index contributed by atoms with van der Waals surface area (Å²) in [4.78, 5) is 13.6. The predicted octanol–water partition coefficient (Wildman–Crippen LogP) is 4.83. The number of ether oxygens (including phenoxy) is 1. The van der Waals surface area contributed by atoms with Gasteiger partial charge in [0.25, 0.3) is 0 Å². The molecule has 1 heterocycles. The fraction of sp³-hybridized carbons (Fsp3) is 0.381. The molecule has 0 bridgehead atoms. The third-order valence-corrected chi connectivity index (χ3v) is 5.11. The summed E-state index contributed by atoms with van der Waals surface area (Å²) in [5.74, 6) is -0.195. The van der Waals surface area contributed by atoms with Crippen LogP contribution in [0.5, 0.6) is 0 Å². The zero-order valence-electron chi connectivity index (χ0n) is 16.8. The molecular weight excluding hydrogens is 462 g/mol. The van der Waals surface area contributed by atoms with Crippen LogP contribution in [0.15, 0.2) is 48.5 Å². The Kier molecular flexibility index (Phi) is 8.19. The monoisotopic (exact) mass is 482 g/mol. The molecule has 1 aliphatic heterocycles. The molecule has 0 unspecified atom stereocenters. The maximum atomic E-state index is 13.0. The van der Waals surface area contributed by atoms with Crippen LogP contribution < -0.4 is 5.32 Å². The highest BCUT2D eigenvalue weighted by Crippen LogP contribution is 2.36. The van der Waals surface area contributed by atoms with E-state index >= 15 is 0 Å². The number of carbonyl (C=O) groups is 1. The average Bonchev–Trinajstić information content (AvgIpc) is 2.70. The topological polar surface area (TPSA) is 41.6 Å². The van der Waals surface area contributed by atoms with Gasteiger partial charge in [-0.3, -0.25) is 10.1 Å². The summed E-state index contributed by atoms with van der Waals surface area (Å²) >= 11 is 0. The molecule has 0 saturated carbocycles. The first-order valence-corrected chi connectivity index (χ1v) is 9.37. The number of carbonyl (C=O) groups excluding carboxylic acids is 1. The number of alkyl halides is 6. The Morgan fingerprint density at radius 3 is 2.09 bits per heavy atom. The number of hydrogen-bond acceptors (Lipinski definition) is 3. The van der Waals surface area contributed by atoms with Crippen LogP contribution in [0.3, 0.4) is 0 Å². The van der Waals surface area contributed by atoms with E-state index in [0.717, 1.165) is 5.56 Å². The number of nitrogens with one attached hydrogen (secondary N) is 1. The lowest BCUT2D eigenvalue weighted by atomic mass is 9.96. The molecular formula is C21H21ClF6N2O2. The second kappa shape index (κ2) is 10.1. The van der Waals surface area contributed by atoms with Crippen molar-refractivity contribution in [3.63, 3.8) is 0 Å². The number of halogens is 7. The van der Waals surface area contributed by atoms with Crippen LogP contribution in [-0.2, 0) is 28.5 Å². The minimum absolute atomic E-state index is 0. The zero-order chi connectivity index (χ0) is 22.8. The number of benzene rings is 2. The zero-order valence-corrected chi connectivity index (χ0v) is 17.7. The van der Waals surface area contributed by atoms with Crippen molar-refractivity contribution in [1.82, 2.24) is 10.2 Å². The molecule has 0 radical (unpaired) electrons. The highest BCUT2D eigenvalue weighted by molar-refractivity contribution is 5.85. The van der Waals surface area contributed by atoms with E-state index in [2.05, 4.69) is 5.32 Å². The number of rotatable bonds is 5. The van der Waals surface area contributed by atoms with E-state index < -0.39 is 36.1 Å². The van der Waals surface area contributed by atoms with Gasteiger partial charge in [0.15, 0.2) is 0 Å². The molecule has 1 saturated heterocycles. The Morgan fingerprint density at radius 2 is 1.56 bits per heavy atom. The van der Waals surface area contributed by atoms with Gasteiger partial charge in [0, 0.05) is 7.05 Å². The molecule has 2 aromatic rings. The molecule has 11 heteroatoms. The van der Waals surface area contributed by atoms with Crippen molar-refractivity contribution in [2.75, 3.05) is 20.2 Å². The summed E-state index contributed by atoms with van der Waals surface area (Å²) in [7, 11) is 1.58. The Morgan fingerprint density at radius 1 is 1.00 bits per heavy atom. The largest absolute Gasteiger partial charge is 0.416 e. The van der Waals surface area contributed by atoms with Gasteiger partial charge in [0.2, 0.25) is 5.91 Å². The van der Waals surface area contributed by atoms with Gasteiger partial charge >= 0.3 is 12.4 Å². The minimum atomic E-state index is -4.92. The summed E-state index contributed by atoms with van der Waals surface area (Å²) < 4.78 is 83.6. The molecule has 4 nitrogen and oxygen atoms in total. The molecule has 0 aliphatic carbocycles. The van der Waals surface area contributed by atoms with E-state index in [1.54, 1.807) is 7.05 Å². The highest BCUT2D eigenvalue weighted by Gasteiger charge is 2.37. The highest BCUT2D eigenvalue weighted by atomic mass is 35.5. The van der Waals surface area contributed by atoms with Crippen LogP contribution in [0.4, 0.5) is 26.3 Å². The lowest BCUT2D eigenvalue weighted by Gasteiger charge is -2.39. The summed E-state index contributed by atoms with van der Waals surface area (Å²) in [6.45, 7) is -0.436. The first-order chi connectivity index (χ1) is 14.5. The van der Waals surface area contributed by atoms with Gasteiger partial charge in [0.05, 0.1) is 43.0 Å². The van der Waals surface area contributed by atoms with Gasteiger partial charge in [-0.1, -0.05) is 30.3 Å². The van der Waals surface area contributed by atoms with Gasteiger partial charge in [-0.05, 0) is 29.3 Å². The summed E-state index contributed by atoms with van der Waals surface area (Å²) in [5.41, 5.74) is -2.16. The molecule has 3 rings (SSSR count). The second-order valence-electron chi connectivity index (χ2n) is 7.27. The van der Waals surface area contributed by atoms with Gasteiger partial charge in [-0.2, -0.15) is 26.3 Å². The molecule has 0 aromatic heterocycles. The minimum Gasteiger partial charge on any atom is -0.375 e. The Bertz CT molecular complexity index is 888. The normalized spacial score (nSPS) is 19.6. The molecule has 176 valence electrons. The van der Waals surface area contributed by atoms with Crippen LogP contribution in [0, 0.1) is 0 Å². The van der Waals surface area contributed by atoms with E-state index in [4.69, 9.17) is 4.74 Å². The molecule has 2 atom stereocenters. The molecule has 2 aromatic carbocycles. The average molecular weight is 483 g/mol. The Hall–Kier alpha value is -2.30. The molecule has 1 N–H and O–H groups in total. The van der Waals surface area contributed by atoms with Crippen molar-refractivity contribution >= 4 is 18.3 Å². The van der Waals surface area contributed by atoms with Crippen LogP contribution in [0.1, 0.15) is 28.3 Å². The standard InChI is InChI=1S/C21H20F6N2O2.ClH/c1-29-17(19(28-10-18(29)30)14-5-3-2-4-6-14)12-31-11-13-7-15(20(22,23)24)9-16(8-13)21(25,26)27;/h2-9,17,19,28H,10-12H2,1H3;1H/t17-,19+;/m1./s1. The Labute approximate surface area is 186 Å². The van der Waals surface area contributed by atoms with Crippen molar-refractivity contribution in [2.24, 2.45) is 0 Å². The van der Waals surface area contributed by atoms with E-state index in [1.165, 1.54) is 4.90 Å². The van der Waals surface area contributed by atoms with Gasteiger partial charge in [-0.25, -0.2) is 0 Å².